The second-order valence-electron chi connectivity index (χ2n) is 7.92. The Hall–Kier alpha value is -1.92. The van der Waals surface area contributed by atoms with Crippen LogP contribution in [0.2, 0.25) is 0 Å². The SMILES string of the molecule is COC(C)(C)C(=O)N1CC[C@H](c2c(C(=O)NC(C)C)sc3ccccc23)C1. The molecule has 0 bridgehead atoms. The fourth-order valence-corrected chi connectivity index (χ4v) is 4.81. The van der Waals surface area contributed by atoms with Crippen LogP contribution >= 0.6 is 11.3 Å². The first-order chi connectivity index (χ1) is 12.7. The van der Waals surface area contributed by atoms with E-state index in [1.807, 2.05) is 30.9 Å². The number of carbonyl (C=O) groups excluding carboxylic acids is 2. The third-order valence-electron chi connectivity index (χ3n) is 5.17. The zero-order chi connectivity index (χ0) is 19.8. The second kappa shape index (κ2) is 7.60. The van der Waals surface area contributed by atoms with Crippen LogP contribution in [0.25, 0.3) is 10.1 Å². The van der Waals surface area contributed by atoms with Crippen LogP contribution in [0.5, 0.6) is 0 Å². The summed E-state index contributed by atoms with van der Waals surface area (Å²) < 4.78 is 6.47. The van der Waals surface area contributed by atoms with Crippen molar-refractivity contribution in [2.45, 2.75) is 51.7 Å². The average Bonchev–Trinajstić information content (AvgIpc) is 3.24. The van der Waals surface area contributed by atoms with E-state index < -0.39 is 5.60 Å². The van der Waals surface area contributed by atoms with E-state index >= 15 is 0 Å². The monoisotopic (exact) mass is 388 g/mol. The van der Waals surface area contributed by atoms with Crippen LogP contribution in [-0.2, 0) is 9.53 Å². The smallest absolute Gasteiger partial charge is 0.261 e. The predicted molar refractivity (Wildman–Crippen MR) is 109 cm³/mol. The molecule has 146 valence electrons. The van der Waals surface area contributed by atoms with Gasteiger partial charge in [0.05, 0.1) is 4.88 Å². The molecular formula is C21H28N2O3S. The number of methoxy groups -OCH3 is 1. The number of amides is 2. The molecule has 2 amide bonds. The summed E-state index contributed by atoms with van der Waals surface area (Å²) in [5.41, 5.74) is 0.253. The number of benzene rings is 1. The van der Waals surface area contributed by atoms with Crippen LogP contribution in [-0.4, -0.2) is 48.6 Å². The molecule has 1 N–H and O–H groups in total. The third-order valence-corrected chi connectivity index (χ3v) is 6.35. The van der Waals surface area contributed by atoms with Gasteiger partial charge >= 0.3 is 0 Å². The minimum atomic E-state index is -0.830. The number of carbonyl (C=O) groups is 2. The van der Waals surface area contributed by atoms with Gasteiger partial charge < -0.3 is 15.0 Å². The van der Waals surface area contributed by atoms with E-state index in [0.29, 0.717) is 13.1 Å². The van der Waals surface area contributed by atoms with E-state index in [-0.39, 0.29) is 23.8 Å². The summed E-state index contributed by atoms with van der Waals surface area (Å²) in [7, 11) is 1.56. The summed E-state index contributed by atoms with van der Waals surface area (Å²) in [5.74, 6) is 0.133. The van der Waals surface area contributed by atoms with Crippen LogP contribution in [0.4, 0.5) is 0 Å². The molecule has 6 heteroatoms. The lowest BCUT2D eigenvalue weighted by molar-refractivity contribution is -0.149. The molecule has 1 fully saturated rings. The van der Waals surface area contributed by atoms with Crippen molar-refractivity contribution in [2.24, 2.45) is 0 Å². The number of likely N-dealkylation sites (tertiary alicyclic amines) is 1. The Morgan fingerprint density at radius 2 is 2.00 bits per heavy atom. The Kier molecular flexibility index (Phi) is 5.58. The molecule has 1 aromatic carbocycles. The Labute approximate surface area is 164 Å². The van der Waals surface area contributed by atoms with Crippen molar-refractivity contribution >= 4 is 33.2 Å². The lowest BCUT2D eigenvalue weighted by Gasteiger charge is -2.28. The van der Waals surface area contributed by atoms with Crippen molar-refractivity contribution < 1.29 is 14.3 Å². The van der Waals surface area contributed by atoms with Gasteiger partial charge in [0.1, 0.15) is 5.60 Å². The van der Waals surface area contributed by atoms with Crippen molar-refractivity contribution in [1.29, 1.82) is 0 Å². The number of nitrogens with one attached hydrogen (secondary N) is 1. The van der Waals surface area contributed by atoms with Crippen LogP contribution in [0.1, 0.15) is 55.3 Å². The lowest BCUT2D eigenvalue weighted by Crippen LogP contribution is -2.45. The zero-order valence-corrected chi connectivity index (χ0v) is 17.5. The number of fused-ring (bicyclic) bond motifs is 1. The second-order valence-corrected chi connectivity index (χ2v) is 8.97. The summed E-state index contributed by atoms with van der Waals surface area (Å²) in [6.07, 6.45) is 0.855. The normalized spacial score (nSPS) is 17.7. The molecule has 5 nitrogen and oxygen atoms in total. The molecule has 27 heavy (non-hydrogen) atoms. The summed E-state index contributed by atoms with van der Waals surface area (Å²) in [4.78, 5) is 28.2. The Morgan fingerprint density at radius 1 is 1.30 bits per heavy atom. The van der Waals surface area contributed by atoms with Gasteiger partial charge in [-0.3, -0.25) is 9.59 Å². The molecule has 0 spiro atoms. The minimum absolute atomic E-state index is 0.000201. The van der Waals surface area contributed by atoms with E-state index in [1.54, 1.807) is 32.3 Å². The molecule has 0 unspecified atom stereocenters. The quantitative estimate of drug-likeness (QED) is 0.848. The van der Waals surface area contributed by atoms with Crippen LogP contribution in [0.15, 0.2) is 24.3 Å². The number of hydrogen-bond donors (Lipinski definition) is 1. The van der Waals surface area contributed by atoms with Gasteiger partial charge in [-0.1, -0.05) is 18.2 Å². The Bertz CT molecular complexity index is 856. The van der Waals surface area contributed by atoms with Gasteiger partial charge in [0, 0.05) is 36.9 Å². The molecule has 2 heterocycles. The topological polar surface area (TPSA) is 58.6 Å². The van der Waals surface area contributed by atoms with Crippen molar-refractivity contribution in [3.05, 3.63) is 34.7 Å². The highest BCUT2D eigenvalue weighted by molar-refractivity contribution is 7.21. The highest BCUT2D eigenvalue weighted by Gasteiger charge is 2.38. The maximum atomic E-state index is 12.8. The zero-order valence-electron chi connectivity index (χ0n) is 16.7. The Morgan fingerprint density at radius 3 is 2.67 bits per heavy atom. The molecule has 1 aromatic heterocycles. The lowest BCUT2D eigenvalue weighted by atomic mass is 9.95. The Balaban J connectivity index is 1.94. The largest absolute Gasteiger partial charge is 0.369 e. The standard InChI is InChI=1S/C21H28N2O3S/c1-13(2)22-19(24)18-17(15-8-6-7-9-16(15)27-18)14-10-11-23(12-14)20(25)21(3,4)26-5/h6-9,13-14H,10-12H2,1-5H3,(H,22,24)/t14-/m0/s1. The number of rotatable bonds is 5. The van der Waals surface area contributed by atoms with E-state index in [0.717, 1.165) is 26.9 Å². The average molecular weight is 389 g/mol. The van der Waals surface area contributed by atoms with Gasteiger partial charge in [-0.15, -0.1) is 11.3 Å². The number of hydrogen-bond acceptors (Lipinski definition) is 4. The maximum Gasteiger partial charge on any atom is 0.261 e. The maximum absolute atomic E-state index is 12.8. The molecule has 1 atom stereocenters. The van der Waals surface area contributed by atoms with Crippen LogP contribution < -0.4 is 5.32 Å². The molecule has 1 aliphatic rings. The van der Waals surface area contributed by atoms with Gasteiger partial charge in [0.2, 0.25) is 0 Å². The highest BCUT2D eigenvalue weighted by atomic mass is 32.1. The highest BCUT2D eigenvalue weighted by Crippen LogP contribution is 2.40. The van der Waals surface area contributed by atoms with Crippen molar-refractivity contribution in [3.8, 4) is 0 Å². The molecule has 2 aromatic rings. The number of ether oxygens (including phenoxy) is 1. The summed E-state index contributed by atoms with van der Waals surface area (Å²) in [6.45, 7) is 8.83. The van der Waals surface area contributed by atoms with Gasteiger partial charge in [0.15, 0.2) is 0 Å². The predicted octanol–water partition coefficient (Wildman–Crippen LogP) is 3.78. The summed E-state index contributed by atoms with van der Waals surface area (Å²) in [5, 5.41) is 4.15. The molecule has 0 saturated carbocycles. The van der Waals surface area contributed by atoms with E-state index in [1.165, 1.54) is 0 Å². The van der Waals surface area contributed by atoms with Gasteiger partial charge in [-0.25, -0.2) is 0 Å². The van der Waals surface area contributed by atoms with E-state index in [2.05, 4.69) is 17.4 Å². The first-order valence-electron chi connectivity index (χ1n) is 9.41. The van der Waals surface area contributed by atoms with Crippen molar-refractivity contribution in [2.75, 3.05) is 20.2 Å². The van der Waals surface area contributed by atoms with Crippen molar-refractivity contribution in [1.82, 2.24) is 10.2 Å². The molecule has 1 aliphatic heterocycles. The summed E-state index contributed by atoms with van der Waals surface area (Å²) >= 11 is 1.54. The summed E-state index contributed by atoms with van der Waals surface area (Å²) in [6, 6.07) is 8.23. The van der Waals surface area contributed by atoms with Crippen LogP contribution in [0, 0.1) is 0 Å². The van der Waals surface area contributed by atoms with E-state index in [4.69, 9.17) is 4.74 Å². The molecule has 1 saturated heterocycles. The molecule has 3 rings (SSSR count). The van der Waals surface area contributed by atoms with Gasteiger partial charge in [-0.05, 0) is 51.1 Å². The molecule has 0 aliphatic carbocycles. The van der Waals surface area contributed by atoms with Gasteiger partial charge in [-0.2, -0.15) is 0 Å². The first-order valence-corrected chi connectivity index (χ1v) is 10.2. The first kappa shape index (κ1) is 19.8. The van der Waals surface area contributed by atoms with Crippen molar-refractivity contribution in [3.63, 3.8) is 0 Å². The third kappa shape index (κ3) is 3.87. The fraction of sp³-hybridized carbons (Fsp3) is 0.524. The molecular weight excluding hydrogens is 360 g/mol. The molecule has 0 radical (unpaired) electrons. The number of thiophene rings is 1. The number of nitrogens with zero attached hydrogens (tertiary/aromatic N) is 1. The van der Waals surface area contributed by atoms with E-state index in [9.17, 15) is 9.59 Å². The van der Waals surface area contributed by atoms with Gasteiger partial charge in [0.25, 0.3) is 11.8 Å². The van der Waals surface area contributed by atoms with Crippen LogP contribution in [0.3, 0.4) is 0 Å². The fourth-order valence-electron chi connectivity index (χ4n) is 3.62. The minimum Gasteiger partial charge on any atom is -0.369 e.